The number of carbonyl (C=O) groups is 3. The fourth-order valence-corrected chi connectivity index (χ4v) is 4.55. The third-order valence-corrected chi connectivity index (χ3v) is 6.13. The standard InChI is InChI=1S/C23H23N3O4/c27-20(24-13-15-9-11-30-12-10-15)14-25-21-16-5-1-2-6-17(16)23(29)26(21)19-8-4-3-7-18(19)22(25)28/h1-8,15,21H,9-14H2,(H,24,27)/t21-/m0/s1. The van der Waals surface area contributed by atoms with Gasteiger partial charge in [0.1, 0.15) is 12.7 Å². The van der Waals surface area contributed by atoms with E-state index in [4.69, 9.17) is 4.74 Å². The number of hydrogen-bond acceptors (Lipinski definition) is 4. The molecule has 1 fully saturated rings. The van der Waals surface area contributed by atoms with E-state index >= 15 is 0 Å². The molecule has 3 aliphatic heterocycles. The normalized spacial score (nSPS) is 20.6. The number of nitrogens with one attached hydrogen (secondary N) is 1. The molecule has 0 bridgehead atoms. The van der Waals surface area contributed by atoms with E-state index in [9.17, 15) is 14.4 Å². The molecule has 30 heavy (non-hydrogen) atoms. The first-order chi connectivity index (χ1) is 14.6. The Labute approximate surface area is 174 Å². The Morgan fingerprint density at radius 1 is 0.967 bits per heavy atom. The Morgan fingerprint density at radius 2 is 1.67 bits per heavy atom. The summed E-state index contributed by atoms with van der Waals surface area (Å²) in [6, 6.07) is 14.4. The van der Waals surface area contributed by atoms with Crippen LogP contribution in [0.2, 0.25) is 0 Å². The summed E-state index contributed by atoms with van der Waals surface area (Å²) in [7, 11) is 0. The number of hydrogen-bond donors (Lipinski definition) is 1. The molecule has 5 rings (SSSR count). The van der Waals surface area contributed by atoms with Crippen molar-refractivity contribution in [3.05, 3.63) is 65.2 Å². The van der Waals surface area contributed by atoms with Gasteiger partial charge in [-0.3, -0.25) is 19.3 Å². The highest BCUT2D eigenvalue weighted by molar-refractivity contribution is 6.17. The van der Waals surface area contributed by atoms with Gasteiger partial charge in [0.25, 0.3) is 11.8 Å². The van der Waals surface area contributed by atoms with Gasteiger partial charge in [0.05, 0.1) is 11.3 Å². The number of amides is 3. The van der Waals surface area contributed by atoms with E-state index in [1.807, 2.05) is 24.3 Å². The van der Waals surface area contributed by atoms with Crippen LogP contribution in [-0.4, -0.2) is 48.9 Å². The zero-order valence-electron chi connectivity index (χ0n) is 16.5. The van der Waals surface area contributed by atoms with E-state index in [0.29, 0.717) is 29.3 Å². The third-order valence-electron chi connectivity index (χ3n) is 6.13. The maximum Gasteiger partial charge on any atom is 0.260 e. The molecule has 2 aromatic rings. The van der Waals surface area contributed by atoms with E-state index in [-0.39, 0.29) is 24.3 Å². The lowest BCUT2D eigenvalue weighted by Crippen LogP contribution is -2.51. The van der Waals surface area contributed by atoms with Crippen LogP contribution < -0.4 is 10.2 Å². The monoisotopic (exact) mass is 405 g/mol. The lowest BCUT2D eigenvalue weighted by atomic mass is 10.0. The number of anilines is 1. The lowest BCUT2D eigenvalue weighted by Gasteiger charge is -2.40. The van der Waals surface area contributed by atoms with Gasteiger partial charge in [-0.15, -0.1) is 0 Å². The lowest BCUT2D eigenvalue weighted by molar-refractivity contribution is -0.122. The van der Waals surface area contributed by atoms with E-state index in [2.05, 4.69) is 5.32 Å². The van der Waals surface area contributed by atoms with Crippen LogP contribution in [0.3, 0.4) is 0 Å². The van der Waals surface area contributed by atoms with E-state index in [0.717, 1.165) is 31.6 Å². The Hall–Kier alpha value is -3.19. The van der Waals surface area contributed by atoms with Crippen molar-refractivity contribution in [1.82, 2.24) is 10.2 Å². The summed E-state index contributed by atoms with van der Waals surface area (Å²) < 4.78 is 5.36. The Balaban J connectivity index is 1.43. The number of carbonyl (C=O) groups excluding carboxylic acids is 3. The Bertz CT molecular complexity index is 1020. The molecule has 1 saturated heterocycles. The first kappa shape index (κ1) is 18.8. The number of rotatable bonds is 4. The van der Waals surface area contributed by atoms with E-state index < -0.39 is 6.17 Å². The van der Waals surface area contributed by atoms with Gasteiger partial charge < -0.3 is 15.0 Å². The van der Waals surface area contributed by atoms with Crippen molar-refractivity contribution >= 4 is 23.4 Å². The molecule has 0 unspecified atom stereocenters. The van der Waals surface area contributed by atoms with E-state index in [1.165, 1.54) is 4.90 Å². The molecule has 1 N–H and O–H groups in total. The average molecular weight is 405 g/mol. The number of para-hydroxylation sites is 1. The molecule has 0 aliphatic carbocycles. The van der Waals surface area contributed by atoms with Gasteiger partial charge in [-0.25, -0.2) is 0 Å². The molecule has 0 saturated carbocycles. The minimum atomic E-state index is -0.607. The second-order valence-electron chi connectivity index (χ2n) is 7.95. The zero-order chi connectivity index (χ0) is 20.7. The van der Waals surface area contributed by atoms with Crippen molar-refractivity contribution in [3.63, 3.8) is 0 Å². The highest BCUT2D eigenvalue weighted by Crippen LogP contribution is 2.44. The molecule has 154 valence electrons. The smallest absolute Gasteiger partial charge is 0.260 e. The van der Waals surface area contributed by atoms with Gasteiger partial charge in [0, 0.05) is 30.9 Å². The minimum Gasteiger partial charge on any atom is -0.381 e. The summed E-state index contributed by atoms with van der Waals surface area (Å²) >= 11 is 0. The molecule has 3 aliphatic rings. The first-order valence-electron chi connectivity index (χ1n) is 10.3. The molecule has 3 amide bonds. The molecule has 7 heteroatoms. The fourth-order valence-electron chi connectivity index (χ4n) is 4.55. The average Bonchev–Trinajstić information content (AvgIpc) is 3.09. The van der Waals surface area contributed by atoms with Crippen LogP contribution in [0.15, 0.2) is 48.5 Å². The summed E-state index contributed by atoms with van der Waals surface area (Å²) in [6.07, 6.45) is 1.24. The highest BCUT2D eigenvalue weighted by Gasteiger charge is 2.48. The van der Waals surface area contributed by atoms with Crippen molar-refractivity contribution in [3.8, 4) is 0 Å². The van der Waals surface area contributed by atoms with Crippen molar-refractivity contribution in [2.24, 2.45) is 5.92 Å². The second kappa shape index (κ2) is 7.57. The molecule has 0 spiro atoms. The largest absolute Gasteiger partial charge is 0.381 e. The van der Waals surface area contributed by atoms with E-state index in [1.54, 1.807) is 29.2 Å². The van der Waals surface area contributed by atoms with Crippen molar-refractivity contribution in [1.29, 1.82) is 0 Å². The molecule has 1 atom stereocenters. The molecule has 3 heterocycles. The van der Waals surface area contributed by atoms with Crippen LogP contribution in [0.25, 0.3) is 0 Å². The SMILES string of the molecule is O=C(CN1C(=O)c2ccccc2N2C(=O)c3ccccc3[C@@H]12)NCC1CCOCC1. The molecule has 7 nitrogen and oxygen atoms in total. The zero-order valence-corrected chi connectivity index (χ0v) is 16.5. The fraction of sp³-hybridized carbons (Fsp3) is 0.348. The summed E-state index contributed by atoms with van der Waals surface area (Å²) in [5, 5.41) is 2.97. The maximum atomic E-state index is 13.3. The van der Waals surface area contributed by atoms with Crippen LogP contribution >= 0.6 is 0 Å². The quantitative estimate of drug-likeness (QED) is 0.847. The first-order valence-corrected chi connectivity index (χ1v) is 10.3. The summed E-state index contributed by atoms with van der Waals surface area (Å²) in [6.45, 7) is 1.92. The highest BCUT2D eigenvalue weighted by atomic mass is 16.5. The van der Waals surface area contributed by atoms with Gasteiger partial charge in [-0.2, -0.15) is 0 Å². The third kappa shape index (κ3) is 3.06. The second-order valence-corrected chi connectivity index (χ2v) is 7.95. The van der Waals surface area contributed by atoms with Crippen LogP contribution in [0.4, 0.5) is 5.69 Å². The van der Waals surface area contributed by atoms with Crippen molar-refractivity contribution < 1.29 is 19.1 Å². The summed E-state index contributed by atoms with van der Waals surface area (Å²) in [5.74, 6) is -0.211. The van der Waals surface area contributed by atoms with Gasteiger partial charge in [0.2, 0.25) is 5.91 Å². The minimum absolute atomic E-state index is 0.0980. The predicted molar refractivity (Wildman–Crippen MR) is 110 cm³/mol. The van der Waals surface area contributed by atoms with Crippen LogP contribution in [0.5, 0.6) is 0 Å². The van der Waals surface area contributed by atoms with Crippen molar-refractivity contribution in [2.75, 3.05) is 31.2 Å². The number of benzene rings is 2. The molecule has 0 aromatic heterocycles. The number of nitrogens with zero attached hydrogens (tertiary/aromatic N) is 2. The van der Waals surface area contributed by atoms with Gasteiger partial charge in [-0.1, -0.05) is 30.3 Å². The van der Waals surface area contributed by atoms with Crippen LogP contribution in [0.1, 0.15) is 45.3 Å². The molecular formula is C23H23N3O4. The van der Waals surface area contributed by atoms with Crippen LogP contribution in [-0.2, 0) is 9.53 Å². The van der Waals surface area contributed by atoms with Gasteiger partial charge in [-0.05, 0) is 37.0 Å². The molecular weight excluding hydrogens is 382 g/mol. The maximum absolute atomic E-state index is 13.3. The van der Waals surface area contributed by atoms with Crippen molar-refractivity contribution in [2.45, 2.75) is 19.0 Å². The molecule has 2 aromatic carbocycles. The summed E-state index contributed by atoms with van der Waals surface area (Å²) in [5.41, 5.74) is 2.35. The predicted octanol–water partition coefficient (Wildman–Crippen LogP) is 2.34. The topological polar surface area (TPSA) is 79.0 Å². The number of ether oxygens (including phenoxy) is 1. The number of fused-ring (bicyclic) bond motifs is 5. The van der Waals surface area contributed by atoms with Gasteiger partial charge in [0.15, 0.2) is 0 Å². The Kier molecular flexibility index (Phi) is 4.75. The molecule has 0 radical (unpaired) electrons. The summed E-state index contributed by atoms with van der Waals surface area (Å²) in [4.78, 5) is 42.3. The van der Waals surface area contributed by atoms with Crippen LogP contribution in [0, 0.1) is 5.92 Å². The Morgan fingerprint density at radius 3 is 2.47 bits per heavy atom. The van der Waals surface area contributed by atoms with Gasteiger partial charge >= 0.3 is 0 Å².